The number of thiazole rings is 1. The molecule has 0 radical (unpaired) electrons. The van der Waals surface area contributed by atoms with Crippen molar-refractivity contribution in [1.82, 2.24) is 9.97 Å². The van der Waals surface area contributed by atoms with Crippen LogP contribution >= 0.6 is 22.9 Å². The van der Waals surface area contributed by atoms with Gasteiger partial charge < -0.3 is 20.5 Å². The van der Waals surface area contributed by atoms with E-state index >= 15 is 0 Å². The number of hydrogen-bond acceptors (Lipinski definition) is 7. The van der Waals surface area contributed by atoms with Gasteiger partial charge in [0.05, 0.1) is 18.9 Å². The van der Waals surface area contributed by atoms with Gasteiger partial charge in [-0.25, -0.2) is 9.37 Å². The summed E-state index contributed by atoms with van der Waals surface area (Å²) in [7, 11) is 0. The average molecular weight is 465 g/mol. The molecule has 31 heavy (non-hydrogen) atoms. The Morgan fingerprint density at radius 3 is 3.00 bits per heavy atom. The summed E-state index contributed by atoms with van der Waals surface area (Å²) in [4.78, 5) is 8.72. The fraction of sp³-hybridized carbons (Fsp3) is 0.364. The molecule has 1 aliphatic rings. The number of halogens is 2. The molecule has 0 bridgehead atoms. The summed E-state index contributed by atoms with van der Waals surface area (Å²) >= 11 is 7.42. The van der Waals surface area contributed by atoms with E-state index in [1.165, 1.54) is 17.4 Å². The topological polar surface area (TPSA) is 82.3 Å². The molecule has 1 aliphatic heterocycles. The second kappa shape index (κ2) is 10.7. The molecule has 0 aliphatic carbocycles. The molecular weight excluding hydrogens is 439 g/mol. The maximum atomic E-state index is 14.4. The van der Waals surface area contributed by atoms with Gasteiger partial charge >= 0.3 is 0 Å². The van der Waals surface area contributed by atoms with E-state index in [1.54, 1.807) is 6.08 Å². The quantitative estimate of drug-likeness (QED) is 0.463. The second-order valence-electron chi connectivity index (χ2n) is 7.17. The molecule has 2 unspecified atom stereocenters. The van der Waals surface area contributed by atoms with Crippen molar-refractivity contribution in [3.8, 4) is 5.88 Å². The predicted octanol–water partition coefficient (Wildman–Crippen LogP) is 5.70. The fourth-order valence-electron chi connectivity index (χ4n) is 2.79. The second-order valence-corrected chi connectivity index (χ2v) is 8.44. The minimum absolute atomic E-state index is 0.00995. The van der Waals surface area contributed by atoms with Gasteiger partial charge in [0.2, 0.25) is 5.88 Å². The van der Waals surface area contributed by atoms with E-state index in [1.807, 2.05) is 17.5 Å². The molecule has 0 saturated carbocycles. The highest BCUT2D eigenvalue weighted by molar-refractivity contribution is 7.13. The number of rotatable bonds is 9. The third kappa shape index (κ3) is 6.06. The zero-order valence-electron chi connectivity index (χ0n) is 17.5. The lowest BCUT2D eigenvalue weighted by molar-refractivity contribution is 0.138. The molecule has 3 heterocycles. The number of hydrogen-bond donors (Lipinski definition) is 2. The van der Waals surface area contributed by atoms with E-state index in [0.29, 0.717) is 30.0 Å². The van der Waals surface area contributed by atoms with Crippen LogP contribution in [0.2, 0.25) is 5.02 Å². The van der Waals surface area contributed by atoms with Gasteiger partial charge in [-0.05, 0) is 18.4 Å². The maximum absolute atomic E-state index is 14.4. The molecule has 2 aromatic rings. The highest BCUT2D eigenvalue weighted by Gasteiger charge is 2.21. The molecule has 1 saturated heterocycles. The number of anilines is 2. The molecule has 2 aromatic heterocycles. The van der Waals surface area contributed by atoms with Gasteiger partial charge in [0, 0.05) is 29.1 Å². The molecular formula is C22H26ClFN4O2S. The van der Waals surface area contributed by atoms with Crippen molar-refractivity contribution in [3.05, 3.63) is 58.5 Å². The van der Waals surface area contributed by atoms with Gasteiger partial charge in [0.15, 0.2) is 16.8 Å². The Hall–Kier alpha value is -2.42. The predicted molar refractivity (Wildman–Crippen MR) is 124 cm³/mol. The van der Waals surface area contributed by atoms with Gasteiger partial charge in [-0.2, -0.15) is 4.98 Å². The number of nitrogens with one attached hydrogen (secondary N) is 1. The summed E-state index contributed by atoms with van der Waals surface area (Å²) in [5.74, 6) is -0.152. The molecule has 0 spiro atoms. The third-order valence-electron chi connectivity index (χ3n) is 4.95. The first-order chi connectivity index (χ1) is 14.9. The smallest absolute Gasteiger partial charge is 0.235 e. The molecule has 3 rings (SSSR count). The first-order valence-electron chi connectivity index (χ1n) is 10.0. The molecule has 1 fully saturated rings. The Morgan fingerprint density at radius 1 is 1.52 bits per heavy atom. The van der Waals surface area contributed by atoms with Crippen molar-refractivity contribution in [3.63, 3.8) is 0 Å². The van der Waals surface area contributed by atoms with Crippen molar-refractivity contribution < 1.29 is 13.9 Å². The van der Waals surface area contributed by atoms with Crippen LogP contribution < -0.4 is 15.8 Å². The van der Waals surface area contributed by atoms with Crippen LogP contribution in [0.15, 0.2) is 42.0 Å². The van der Waals surface area contributed by atoms with Crippen LogP contribution in [0, 0.1) is 11.7 Å². The number of aromatic nitrogens is 2. The van der Waals surface area contributed by atoms with Crippen molar-refractivity contribution in [2.24, 2.45) is 11.7 Å². The van der Waals surface area contributed by atoms with Crippen LogP contribution in [-0.4, -0.2) is 29.3 Å². The zero-order chi connectivity index (χ0) is 22.4. The van der Waals surface area contributed by atoms with Crippen LogP contribution in [0.1, 0.15) is 32.4 Å². The number of nitrogens with zero attached hydrogens (tertiary/aromatic N) is 2. The van der Waals surface area contributed by atoms with E-state index in [9.17, 15) is 4.39 Å². The van der Waals surface area contributed by atoms with E-state index < -0.39 is 5.82 Å². The van der Waals surface area contributed by atoms with E-state index in [-0.39, 0.29) is 22.8 Å². The minimum Gasteiger partial charge on any atom is -0.471 e. The van der Waals surface area contributed by atoms with Crippen LogP contribution in [0.5, 0.6) is 5.88 Å². The molecule has 3 N–H and O–H groups in total. The molecule has 0 aromatic carbocycles. The summed E-state index contributed by atoms with van der Waals surface area (Å²) in [5.41, 5.74) is 8.39. The Labute approximate surface area is 190 Å². The molecule has 0 amide bonds. The van der Waals surface area contributed by atoms with Crippen molar-refractivity contribution in [2.45, 2.75) is 32.8 Å². The average Bonchev–Trinajstić information content (AvgIpc) is 3.43. The number of ether oxygens (including phenoxy) is 2. The van der Waals surface area contributed by atoms with Gasteiger partial charge in [-0.15, -0.1) is 11.3 Å². The molecule has 6 nitrogen and oxygen atoms in total. The monoisotopic (exact) mass is 464 g/mol. The number of allylic oxidation sites excluding steroid dienone is 5. The van der Waals surface area contributed by atoms with Crippen molar-refractivity contribution >= 4 is 39.5 Å². The van der Waals surface area contributed by atoms with Gasteiger partial charge in [0.1, 0.15) is 11.1 Å². The van der Waals surface area contributed by atoms with Gasteiger partial charge in [-0.3, -0.25) is 0 Å². The first kappa shape index (κ1) is 23.2. The van der Waals surface area contributed by atoms with E-state index in [4.69, 9.17) is 26.8 Å². The number of nitrogens with two attached hydrogens (primary N) is 1. The van der Waals surface area contributed by atoms with E-state index in [2.05, 4.69) is 35.7 Å². The van der Waals surface area contributed by atoms with Crippen LogP contribution in [-0.2, 0) is 4.74 Å². The third-order valence-corrected chi connectivity index (χ3v) is 5.97. The standard InChI is InChI=1S/C22H26ClFN4O2S/c1-4-13(3)18(25)7-6-14(5-2)19-12-31-22(26-19)28-20-17(24)10-16(23)21(27-20)30-15-8-9-29-11-15/h5-7,10,12-13,15H,2,4,8-9,11,25H2,1,3H3,(H,26,27,28)/b14-6+,18-7+. The molecule has 9 heteroatoms. The SMILES string of the molecule is C=C/C(=C\C=C(\N)C(C)CC)c1csc(Nc2nc(OC3CCOC3)c(Cl)cc2F)n1. The largest absolute Gasteiger partial charge is 0.471 e. The van der Waals surface area contributed by atoms with Gasteiger partial charge in [0.25, 0.3) is 0 Å². The lowest BCUT2D eigenvalue weighted by Gasteiger charge is -2.13. The Kier molecular flexibility index (Phi) is 8.06. The number of pyridine rings is 1. The summed E-state index contributed by atoms with van der Waals surface area (Å²) < 4.78 is 25.5. The molecule has 2 atom stereocenters. The lowest BCUT2D eigenvalue weighted by Crippen LogP contribution is -2.17. The lowest BCUT2D eigenvalue weighted by atomic mass is 10.0. The normalized spacial score (nSPS) is 18.1. The Balaban J connectivity index is 1.77. The van der Waals surface area contributed by atoms with Gasteiger partial charge in [-0.1, -0.05) is 44.2 Å². The van der Waals surface area contributed by atoms with Crippen molar-refractivity contribution in [1.29, 1.82) is 0 Å². The summed E-state index contributed by atoms with van der Waals surface area (Å²) in [6.07, 6.45) is 7.00. The Morgan fingerprint density at radius 2 is 2.32 bits per heavy atom. The highest BCUT2D eigenvalue weighted by Crippen LogP contribution is 2.31. The van der Waals surface area contributed by atoms with E-state index in [0.717, 1.165) is 24.1 Å². The zero-order valence-corrected chi connectivity index (χ0v) is 19.1. The van der Waals surface area contributed by atoms with Crippen molar-refractivity contribution in [2.75, 3.05) is 18.5 Å². The highest BCUT2D eigenvalue weighted by atomic mass is 35.5. The van der Waals surface area contributed by atoms with Crippen LogP contribution in [0.4, 0.5) is 15.3 Å². The molecule has 166 valence electrons. The maximum Gasteiger partial charge on any atom is 0.235 e. The first-order valence-corrected chi connectivity index (χ1v) is 11.3. The van der Waals surface area contributed by atoms with Crippen LogP contribution in [0.3, 0.4) is 0 Å². The Bertz CT molecular complexity index is 986. The summed E-state index contributed by atoms with van der Waals surface area (Å²) in [5, 5.41) is 5.34. The summed E-state index contributed by atoms with van der Waals surface area (Å²) in [6, 6.07) is 1.17. The minimum atomic E-state index is -0.597. The summed E-state index contributed by atoms with van der Waals surface area (Å²) in [6.45, 7) is 9.09. The fourth-order valence-corrected chi connectivity index (χ4v) is 3.69. The van der Waals surface area contributed by atoms with Crippen LogP contribution in [0.25, 0.3) is 5.57 Å².